The van der Waals surface area contributed by atoms with Gasteiger partial charge >= 0.3 is 5.82 Å². The number of carbonyl (C=O) groups is 1. The summed E-state index contributed by atoms with van der Waals surface area (Å²) in [7, 11) is 0. The van der Waals surface area contributed by atoms with Gasteiger partial charge < -0.3 is 21.2 Å². The molecule has 7 nitrogen and oxygen atoms in total. The van der Waals surface area contributed by atoms with Crippen molar-refractivity contribution in [2.24, 2.45) is 5.73 Å². The Balaban J connectivity index is 2.70. The van der Waals surface area contributed by atoms with Crippen LogP contribution in [0.25, 0.3) is 0 Å². The number of nitrogens with one attached hydrogen (secondary N) is 2. The molecule has 1 atom stereocenters. The van der Waals surface area contributed by atoms with Crippen LogP contribution in [-0.4, -0.2) is 28.4 Å². The fourth-order valence-corrected chi connectivity index (χ4v) is 0.983. The standard InChI is InChI=1S/C8H12N4O3/c1-5(4-9)10-8(13)6-2-3-7(11-6)12(14)15/h2-3,5,11H,4,9H2,1H3,(H,10,13). The lowest BCUT2D eigenvalue weighted by Gasteiger charge is -2.08. The SMILES string of the molecule is CC(CN)NC(=O)c1ccc([N+](=O)[O-])[nH]1. The van der Waals surface area contributed by atoms with Crippen molar-refractivity contribution in [2.75, 3.05) is 6.54 Å². The van der Waals surface area contributed by atoms with Crippen LogP contribution in [0.1, 0.15) is 17.4 Å². The van der Waals surface area contributed by atoms with Crippen LogP contribution in [0, 0.1) is 10.1 Å². The zero-order valence-electron chi connectivity index (χ0n) is 8.19. The molecular weight excluding hydrogens is 200 g/mol. The van der Waals surface area contributed by atoms with Crippen molar-refractivity contribution in [1.29, 1.82) is 0 Å². The van der Waals surface area contributed by atoms with Crippen LogP contribution in [0.3, 0.4) is 0 Å². The molecule has 0 spiro atoms. The van der Waals surface area contributed by atoms with Gasteiger partial charge in [-0.3, -0.25) is 4.79 Å². The Bertz CT molecular complexity index is 374. The lowest BCUT2D eigenvalue weighted by Crippen LogP contribution is -2.37. The molecule has 1 aromatic heterocycles. The molecule has 0 saturated heterocycles. The monoisotopic (exact) mass is 212 g/mol. The molecule has 0 aliphatic carbocycles. The Kier molecular flexibility index (Phi) is 3.40. The summed E-state index contributed by atoms with van der Waals surface area (Å²) >= 11 is 0. The van der Waals surface area contributed by atoms with E-state index in [0.29, 0.717) is 6.54 Å². The Morgan fingerprint density at radius 1 is 1.73 bits per heavy atom. The van der Waals surface area contributed by atoms with Crippen molar-refractivity contribution in [3.05, 3.63) is 27.9 Å². The summed E-state index contributed by atoms with van der Waals surface area (Å²) in [6.45, 7) is 2.06. The third-order valence-electron chi connectivity index (χ3n) is 1.84. The van der Waals surface area contributed by atoms with Gasteiger partial charge in [0.2, 0.25) is 0 Å². The van der Waals surface area contributed by atoms with Gasteiger partial charge in [-0.2, -0.15) is 0 Å². The average Bonchev–Trinajstić information content (AvgIpc) is 2.66. The van der Waals surface area contributed by atoms with E-state index in [1.54, 1.807) is 6.92 Å². The molecule has 82 valence electrons. The maximum absolute atomic E-state index is 11.4. The largest absolute Gasteiger partial charge is 0.358 e. The first-order chi connectivity index (χ1) is 7.04. The number of hydrogen-bond donors (Lipinski definition) is 3. The highest BCUT2D eigenvalue weighted by Crippen LogP contribution is 2.09. The van der Waals surface area contributed by atoms with Crippen molar-refractivity contribution in [3.8, 4) is 0 Å². The third kappa shape index (κ3) is 2.78. The minimum Gasteiger partial charge on any atom is -0.358 e. The summed E-state index contributed by atoms with van der Waals surface area (Å²) in [6.07, 6.45) is 0. The van der Waals surface area contributed by atoms with E-state index in [0.717, 1.165) is 0 Å². The van der Waals surface area contributed by atoms with E-state index in [4.69, 9.17) is 5.73 Å². The van der Waals surface area contributed by atoms with Gasteiger partial charge in [-0.25, -0.2) is 4.98 Å². The minimum absolute atomic E-state index is 0.155. The molecule has 1 unspecified atom stereocenters. The van der Waals surface area contributed by atoms with Crippen molar-refractivity contribution in [2.45, 2.75) is 13.0 Å². The molecule has 7 heteroatoms. The van der Waals surface area contributed by atoms with Crippen molar-refractivity contribution in [3.63, 3.8) is 0 Å². The van der Waals surface area contributed by atoms with E-state index in [1.165, 1.54) is 12.1 Å². The number of carbonyl (C=O) groups excluding carboxylic acids is 1. The molecule has 0 radical (unpaired) electrons. The molecule has 0 aromatic carbocycles. The molecule has 4 N–H and O–H groups in total. The summed E-state index contributed by atoms with van der Waals surface area (Å²) < 4.78 is 0. The highest BCUT2D eigenvalue weighted by Gasteiger charge is 2.16. The van der Waals surface area contributed by atoms with E-state index in [-0.39, 0.29) is 17.6 Å². The second kappa shape index (κ2) is 4.56. The number of aromatic nitrogens is 1. The van der Waals surface area contributed by atoms with Gasteiger partial charge in [0, 0.05) is 18.7 Å². The second-order valence-electron chi connectivity index (χ2n) is 3.12. The molecule has 15 heavy (non-hydrogen) atoms. The quantitative estimate of drug-likeness (QED) is 0.481. The second-order valence-corrected chi connectivity index (χ2v) is 3.12. The molecule has 1 amide bonds. The maximum atomic E-state index is 11.4. The molecule has 0 fully saturated rings. The fourth-order valence-electron chi connectivity index (χ4n) is 0.983. The van der Waals surface area contributed by atoms with E-state index in [2.05, 4.69) is 10.3 Å². The van der Waals surface area contributed by atoms with Crippen LogP contribution in [-0.2, 0) is 0 Å². The molecule has 1 heterocycles. The molecular formula is C8H12N4O3. The van der Waals surface area contributed by atoms with Gasteiger partial charge in [0.25, 0.3) is 5.91 Å². The molecule has 1 rings (SSSR count). The van der Waals surface area contributed by atoms with Gasteiger partial charge in [0.1, 0.15) is 0 Å². The summed E-state index contributed by atoms with van der Waals surface area (Å²) in [5.74, 6) is -0.610. The fraction of sp³-hybridized carbons (Fsp3) is 0.375. The summed E-state index contributed by atoms with van der Waals surface area (Å²) in [5.41, 5.74) is 5.47. The van der Waals surface area contributed by atoms with Crippen molar-refractivity contribution >= 4 is 11.7 Å². The van der Waals surface area contributed by atoms with Crippen molar-refractivity contribution < 1.29 is 9.72 Å². The number of hydrogen-bond acceptors (Lipinski definition) is 4. The van der Waals surface area contributed by atoms with Crippen LogP contribution in [0.15, 0.2) is 12.1 Å². The van der Waals surface area contributed by atoms with Gasteiger partial charge in [0.05, 0.1) is 0 Å². The predicted molar refractivity (Wildman–Crippen MR) is 53.4 cm³/mol. The van der Waals surface area contributed by atoms with E-state index < -0.39 is 10.8 Å². The summed E-state index contributed by atoms with van der Waals surface area (Å²) in [6, 6.07) is 2.43. The number of nitrogens with zero attached hydrogens (tertiary/aromatic N) is 1. The first-order valence-corrected chi connectivity index (χ1v) is 4.39. The van der Waals surface area contributed by atoms with Crippen LogP contribution in [0.5, 0.6) is 0 Å². The Morgan fingerprint density at radius 2 is 2.40 bits per heavy atom. The van der Waals surface area contributed by atoms with Crippen molar-refractivity contribution in [1.82, 2.24) is 10.3 Å². The summed E-state index contributed by atoms with van der Waals surface area (Å²) in [4.78, 5) is 23.6. The van der Waals surface area contributed by atoms with Gasteiger partial charge in [-0.15, -0.1) is 0 Å². The Labute approximate surface area is 85.8 Å². The number of nitrogens with two attached hydrogens (primary N) is 1. The minimum atomic E-state index is -0.594. The molecule has 1 aromatic rings. The Morgan fingerprint density at radius 3 is 2.87 bits per heavy atom. The van der Waals surface area contributed by atoms with E-state index in [9.17, 15) is 14.9 Å². The van der Waals surface area contributed by atoms with E-state index >= 15 is 0 Å². The topological polar surface area (TPSA) is 114 Å². The first kappa shape index (κ1) is 11.2. The van der Waals surface area contributed by atoms with Gasteiger partial charge in [-0.1, -0.05) is 0 Å². The lowest BCUT2D eigenvalue weighted by atomic mass is 10.3. The molecule has 0 saturated carbocycles. The highest BCUT2D eigenvalue weighted by molar-refractivity contribution is 5.93. The summed E-state index contributed by atoms with van der Waals surface area (Å²) in [5, 5.41) is 12.9. The van der Waals surface area contributed by atoms with Crippen LogP contribution >= 0.6 is 0 Å². The number of H-pyrrole nitrogens is 1. The number of rotatable bonds is 4. The molecule has 0 bridgehead atoms. The van der Waals surface area contributed by atoms with Crippen LogP contribution in [0.4, 0.5) is 5.82 Å². The molecule has 0 aliphatic heterocycles. The van der Waals surface area contributed by atoms with Crippen LogP contribution in [0.2, 0.25) is 0 Å². The maximum Gasteiger partial charge on any atom is 0.321 e. The van der Waals surface area contributed by atoms with Crippen LogP contribution < -0.4 is 11.1 Å². The lowest BCUT2D eigenvalue weighted by molar-refractivity contribution is -0.389. The molecule has 0 aliphatic rings. The first-order valence-electron chi connectivity index (χ1n) is 4.39. The van der Waals surface area contributed by atoms with Gasteiger partial charge in [0.15, 0.2) is 5.69 Å². The third-order valence-corrected chi connectivity index (χ3v) is 1.84. The van der Waals surface area contributed by atoms with E-state index in [1.807, 2.05) is 0 Å². The highest BCUT2D eigenvalue weighted by atomic mass is 16.6. The number of aromatic amines is 1. The van der Waals surface area contributed by atoms with Gasteiger partial charge in [-0.05, 0) is 17.9 Å². The number of nitro groups is 1. The Hall–Kier alpha value is -1.89. The number of amides is 1. The zero-order chi connectivity index (χ0) is 11.4. The normalized spacial score (nSPS) is 12.1. The smallest absolute Gasteiger partial charge is 0.321 e. The average molecular weight is 212 g/mol. The predicted octanol–water partition coefficient (Wildman–Crippen LogP) is -0.000100. The zero-order valence-corrected chi connectivity index (χ0v) is 8.19.